The van der Waals surface area contributed by atoms with Crippen LogP contribution < -0.4 is 0 Å². The minimum atomic E-state index is 0. The molecule has 3 heteroatoms. The molecule has 0 aliphatic carbocycles. The van der Waals surface area contributed by atoms with E-state index in [0.29, 0.717) is 23.7 Å². The molecule has 0 bridgehead atoms. The summed E-state index contributed by atoms with van der Waals surface area (Å²) in [6.07, 6.45) is 0.651. The highest BCUT2D eigenvalue weighted by Crippen LogP contribution is 2.41. The van der Waals surface area contributed by atoms with E-state index < -0.39 is 0 Å². The van der Waals surface area contributed by atoms with Gasteiger partial charge in [0.05, 0.1) is 0 Å². The fourth-order valence-electron chi connectivity index (χ4n) is 3.04. The lowest BCUT2D eigenvalue weighted by Gasteiger charge is -2.23. The predicted molar refractivity (Wildman–Crippen MR) is 60.2 cm³/mol. The Labute approximate surface area is 89.0 Å². The number of hydrogen-bond acceptors (Lipinski definition) is 2. The molecule has 2 atom stereocenters. The molecule has 0 aromatic rings. The number of rotatable bonds is 1. The Balaban J connectivity index is 0.00000112. The van der Waals surface area contributed by atoms with Crippen LogP contribution in [0.5, 0.6) is 0 Å². The van der Waals surface area contributed by atoms with Crippen LogP contribution in [-0.4, -0.2) is 48.9 Å². The summed E-state index contributed by atoms with van der Waals surface area (Å²) in [5.41, 5.74) is 0.361. The van der Waals surface area contributed by atoms with E-state index in [-0.39, 0.29) is 2.85 Å². The molecule has 2 aliphatic heterocycles. The topological polar surface area (TPSA) is 23.6 Å². The quantitative estimate of drug-likeness (QED) is 0.637. The molecule has 1 unspecified atom stereocenters. The molecule has 2 heterocycles. The molecule has 14 heavy (non-hydrogen) atoms. The van der Waals surface area contributed by atoms with E-state index in [0.717, 1.165) is 26.2 Å². The number of likely N-dealkylation sites (tertiary alicyclic amines) is 2. The van der Waals surface area contributed by atoms with Gasteiger partial charge in [-0.05, 0) is 13.0 Å². The minimum Gasteiger partial charge on any atom is -0.342 e. The second-order valence-electron chi connectivity index (χ2n) is 5.18. The lowest BCUT2D eigenvalue weighted by atomic mass is 9.83. The lowest BCUT2D eigenvalue weighted by Crippen LogP contribution is -2.34. The summed E-state index contributed by atoms with van der Waals surface area (Å²) in [6.45, 7) is 8.52. The molecule has 0 aromatic carbocycles. The van der Waals surface area contributed by atoms with Crippen LogP contribution in [0.1, 0.15) is 23.1 Å². The Kier molecular flexibility index (Phi) is 2.30. The van der Waals surface area contributed by atoms with Crippen LogP contribution >= 0.6 is 0 Å². The summed E-state index contributed by atoms with van der Waals surface area (Å²) in [7, 11) is 2.18. The van der Waals surface area contributed by atoms with E-state index in [1.54, 1.807) is 0 Å². The molecule has 2 saturated heterocycles. The molecule has 3 nitrogen and oxygen atoms in total. The summed E-state index contributed by atoms with van der Waals surface area (Å²) in [6, 6.07) is 0. The normalized spacial score (nSPS) is 37.6. The smallest absolute Gasteiger partial charge is 0.222 e. The molecule has 0 saturated carbocycles. The van der Waals surface area contributed by atoms with Crippen LogP contribution in [0.2, 0.25) is 0 Å². The third kappa shape index (κ3) is 1.44. The molecule has 0 aromatic heterocycles. The zero-order valence-corrected chi connectivity index (χ0v) is 9.42. The zero-order valence-electron chi connectivity index (χ0n) is 9.42. The molecule has 0 N–H and O–H groups in total. The first kappa shape index (κ1) is 9.97. The first-order valence-corrected chi connectivity index (χ1v) is 5.51. The van der Waals surface area contributed by atoms with E-state index in [4.69, 9.17) is 0 Å². The summed E-state index contributed by atoms with van der Waals surface area (Å²) >= 11 is 0. The van der Waals surface area contributed by atoms with Crippen molar-refractivity contribution in [2.24, 2.45) is 11.3 Å². The van der Waals surface area contributed by atoms with Gasteiger partial charge in [-0.15, -0.1) is 0 Å². The van der Waals surface area contributed by atoms with Crippen molar-refractivity contribution in [3.8, 4) is 0 Å². The Morgan fingerprint density at radius 2 is 2.21 bits per heavy atom. The van der Waals surface area contributed by atoms with Crippen LogP contribution in [-0.2, 0) is 4.79 Å². The van der Waals surface area contributed by atoms with Crippen LogP contribution in [0.4, 0.5) is 0 Å². The van der Waals surface area contributed by atoms with Crippen LogP contribution in [0.3, 0.4) is 0 Å². The highest BCUT2D eigenvalue weighted by atomic mass is 16.2. The second-order valence-corrected chi connectivity index (χ2v) is 5.18. The van der Waals surface area contributed by atoms with Crippen molar-refractivity contribution >= 4 is 5.91 Å². The van der Waals surface area contributed by atoms with Gasteiger partial charge >= 0.3 is 0 Å². The molecular weight excluding hydrogens is 176 g/mol. The number of nitrogens with zero attached hydrogens (tertiary/aromatic N) is 2. The van der Waals surface area contributed by atoms with Crippen LogP contribution in [0, 0.1) is 11.3 Å². The fourth-order valence-corrected chi connectivity index (χ4v) is 3.04. The van der Waals surface area contributed by atoms with Crippen molar-refractivity contribution in [2.45, 2.75) is 20.3 Å². The monoisotopic (exact) mass is 200 g/mol. The van der Waals surface area contributed by atoms with Crippen molar-refractivity contribution in [1.82, 2.24) is 9.80 Å². The first-order chi connectivity index (χ1) is 6.55. The molecule has 1 amide bonds. The van der Waals surface area contributed by atoms with Gasteiger partial charge < -0.3 is 9.80 Å². The van der Waals surface area contributed by atoms with E-state index in [2.05, 4.69) is 23.8 Å². The fraction of sp³-hybridized carbons (Fsp3) is 0.909. The zero-order chi connectivity index (χ0) is 10.3. The summed E-state index contributed by atoms with van der Waals surface area (Å²) in [5.74, 6) is 1.02. The van der Waals surface area contributed by atoms with Crippen molar-refractivity contribution < 1.29 is 7.65 Å². The van der Waals surface area contributed by atoms with Crippen molar-refractivity contribution in [3.63, 3.8) is 0 Å². The van der Waals surface area contributed by atoms with Gasteiger partial charge in [-0.2, -0.15) is 0 Å². The lowest BCUT2D eigenvalue weighted by molar-refractivity contribution is -0.130. The second kappa shape index (κ2) is 3.23. The molecule has 0 spiro atoms. The van der Waals surface area contributed by atoms with E-state index in [9.17, 15) is 4.79 Å². The number of carbonyl (C=O) groups excluding carboxylic acids is 1. The number of hydrogen-bond donors (Lipinski definition) is 0. The molecule has 2 aliphatic rings. The van der Waals surface area contributed by atoms with Gasteiger partial charge in [0.25, 0.3) is 0 Å². The largest absolute Gasteiger partial charge is 0.342 e. The maximum atomic E-state index is 11.6. The maximum Gasteiger partial charge on any atom is 0.222 e. The van der Waals surface area contributed by atoms with Crippen molar-refractivity contribution in [1.29, 1.82) is 0 Å². The van der Waals surface area contributed by atoms with E-state index in [1.165, 1.54) is 0 Å². The van der Waals surface area contributed by atoms with Gasteiger partial charge in [-0.25, -0.2) is 0 Å². The van der Waals surface area contributed by atoms with E-state index in [1.807, 2.05) is 6.92 Å². The van der Waals surface area contributed by atoms with Crippen LogP contribution in [0.25, 0.3) is 0 Å². The van der Waals surface area contributed by atoms with Gasteiger partial charge in [-0.3, -0.25) is 4.79 Å². The van der Waals surface area contributed by atoms with Crippen LogP contribution in [0.15, 0.2) is 0 Å². The predicted octanol–water partition coefficient (Wildman–Crippen LogP) is 1.30. The average Bonchev–Trinajstić information content (AvgIpc) is 2.54. The molecular formula is C11H24N2O. The van der Waals surface area contributed by atoms with Crippen molar-refractivity contribution in [3.05, 3.63) is 0 Å². The maximum absolute atomic E-state index is 11.6. The number of amides is 1. The highest BCUT2D eigenvalue weighted by molar-refractivity contribution is 5.76. The van der Waals surface area contributed by atoms with Gasteiger partial charge in [-0.1, -0.05) is 13.8 Å². The Morgan fingerprint density at radius 1 is 1.50 bits per heavy atom. The summed E-state index contributed by atoms with van der Waals surface area (Å²) < 4.78 is 0. The standard InChI is InChI=1S/C11H20N2O.2H2/c1-4-10(14)13-6-9-5-12(3)7-11(9,2)8-13;;/h9H,4-8H2,1-3H3;2*1H/t9?,11-;;/m1../s1. The summed E-state index contributed by atoms with van der Waals surface area (Å²) in [5, 5.41) is 0. The average molecular weight is 200 g/mol. The third-order valence-electron chi connectivity index (χ3n) is 3.80. The molecule has 0 radical (unpaired) electrons. The molecule has 84 valence electrons. The van der Waals surface area contributed by atoms with E-state index >= 15 is 0 Å². The third-order valence-corrected chi connectivity index (χ3v) is 3.80. The van der Waals surface area contributed by atoms with Gasteiger partial charge in [0.15, 0.2) is 0 Å². The summed E-state index contributed by atoms with van der Waals surface area (Å²) in [4.78, 5) is 16.0. The molecule has 2 fully saturated rings. The Bertz CT molecular complexity index is 262. The number of fused-ring (bicyclic) bond motifs is 1. The van der Waals surface area contributed by atoms with Gasteiger partial charge in [0, 0.05) is 40.9 Å². The Morgan fingerprint density at radius 3 is 2.79 bits per heavy atom. The van der Waals surface area contributed by atoms with Gasteiger partial charge in [0.2, 0.25) is 5.91 Å². The SMILES string of the molecule is CCC(=O)N1CC2CN(C)C[C@]2(C)C1.[HH].[HH]. The first-order valence-electron chi connectivity index (χ1n) is 5.51. The van der Waals surface area contributed by atoms with Gasteiger partial charge in [0.1, 0.15) is 0 Å². The van der Waals surface area contributed by atoms with Crippen molar-refractivity contribution in [2.75, 3.05) is 33.2 Å². The highest BCUT2D eigenvalue weighted by Gasteiger charge is 2.48. The number of carbonyl (C=O) groups is 1. The Hall–Kier alpha value is -0.570. The molecule has 2 rings (SSSR count). The minimum absolute atomic E-state index is 0.